The van der Waals surface area contributed by atoms with Crippen molar-refractivity contribution in [2.75, 3.05) is 36.5 Å². The molecule has 0 bridgehead atoms. The zero-order valence-electron chi connectivity index (χ0n) is 13.6. The molecule has 0 atom stereocenters. The molecule has 0 aromatic heterocycles. The second kappa shape index (κ2) is 7.97. The van der Waals surface area contributed by atoms with Gasteiger partial charge in [-0.15, -0.1) is 0 Å². The molecule has 1 aromatic carbocycles. The van der Waals surface area contributed by atoms with E-state index in [-0.39, 0.29) is 17.5 Å². The van der Waals surface area contributed by atoms with Crippen molar-refractivity contribution in [2.24, 2.45) is 10.8 Å². The average Bonchev–Trinajstić information content (AvgIpc) is 2.82. The minimum Gasteiger partial charge on any atom is -0.382 e. The van der Waals surface area contributed by atoms with Crippen molar-refractivity contribution in [3.05, 3.63) is 24.3 Å². The first-order chi connectivity index (χ1) is 11.5. The van der Waals surface area contributed by atoms with E-state index in [4.69, 9.17) is 16.4 Å². The number of hydrogen-bond acceptors (Lipinski definition) is 6. The SMILES string of the molecule is CC(=O)N1CCCN(c2ccc(N/N=C(\C#N)C(=N)N)cc2)CC1. The molecule has 8 heteroatoms. The summed E-state index contributed by atoms with van der Waals surface area (Å²) in [6, 6.07) is 9.37. The average molecular weight is 327 g/mol. The quantitative estimate of drug-likeness (QED) is 0.432. The zero-order chi connectivity index (χ0) is 17.5. The number of benzene rings is 1. The van der Waals surface area contributed by atoms with Gasteiger partial charge in [-0.25, -0.2) is 0 Å². The van der Waals surface area contributed by atoms with Gasteiger partial charge in [0.1, 0.15) is 6.07 Å². The van der Waals surface area contributed by atoms with Crippen LogP contribution in [-0.2, 0) is 4.79 Å². The smallest absolute Gasteiger partial charge is 0.219 e. The topological polar surface area (TPSA) is 122 Å². The van der Waals surface area contributed by atoms with E-state index in [0.717, 1.165) is 38.3 Å². The number of hydrazone groups is 1. The van der Waals surface area contributed by atoms with Crippen molar-refractivity contribution in [1.29, 1.82) is 10.7 Å². The largest absolute Gasteiger partial charge is 0.382 e. The molecular weight excluding hydrogens is 306 g/mol. The van der Waals surface area contributed by atoms with E-state index in [0.29, 0.717) is 5.69 Å². The summed E-state index contributed by atoms with van der Waals surface area (Å²) in [5, 5.41) is 19.8. The minimum absolute atomic E-state index is 0.119. The maximum absolute atomic E-state index is 11.5. The molecule has 0 saturated carbocycles. The summed E-state index contributed by atoms with van der Waals surface area (Å²) < 4.78 is 0. The molecule has 1 heterocycles. The van der Waals surface area contributed by atoms with Crippen LogP contribution in [0.15, 0.2) is 29.4 Å². The van der Waals surface area contributed by atoms with Gasteiger partial charge in [-0.3, -0.25) is 15.6 Å². The van der Waals surface area contributed by atoms with Crippen LogP contribution in [0.5, 0.6) is 0 Å². The highest BCUT2D eigenvalue weighted by Gasteiger charge is 2.16. The summed E-state index contributed by atoms with van der Waals surface area (Å²) in [5.41, 5.74) is 9.57. The fraction of sp³-hybridized carbons (Fsp3) is 0.375. The molecule has 1 fully saturated rings. The predicted octanol–water partition coefficient (Wildman–Crippen LogP) is 0.973. The number of amides is 1. The van der Waals surface area contributed by atoms with E-state index in [1.54, 1.807) is 13.0 Å². The van der Waals surface area contributed by atoms with Gasteiger partial charge in [0.25, 0.3) is 0 Å². The molecule has 8 nitrogen and oxygen atoms in total. The molecule has 1 amide bonds. The van der Waals surface area contributed by atoms with Crippen molar-refractivity contribution in [3.63, 3.8) is 0 Å². The second-order valence-corrected chi connectivity index (χ2v) is 5.49. The summed E-state index contributed by atoms with van der Waals surface area (Å²) in [6.45, 7) is 4.82. The van der Waals surface area contributed by atoms with Crippen LogP contribution in [0.4, 0.5) is 11.4 Å². The lowest BCUT2D eigenvalue weighted by atomic mass is 10.2. The molecule has 2 rings (SSSR count). The van der Waals surface area contributed by atoms with Crippen LogP contribution >= 0.6 is 0 Å². The monoisotopic (exact) mass is 327 g/mol. The molecule has 24 heavy (non-hydrogen) atoms. The third kappa shape index (κ3) is 4.46. The third-order valence-corrected chi connectivity index (χ3v) is 3.83. The van der Waals surface area contributed by atoms with E-state index in [1.165, 1.54) is 0 Å². The van der Waals surface area contributed by atoms with E-state index in [9.17, 15) is 4.79 Å². The number of nitrogens with two attached hydrogens (primary N) is 1. The lowest BCUT2D eigenvalue weighted by Gasteiger charge is -2.23. The van der Waals surface area contributed by atoms with Crippen molar-refractivity contribution < 1.29 is 4.79 Å². The van der Waals surface area contributed by atoms with Crippen LogP contribution in [-0.4, -0.2) is 48.5 Å². The first-order valence-electron chi connectivity index (χ1n) is 7.70. The number of carbonyl (C=O) groups excluding carboxylic acids is 1. The summed E-state index contributed by atoms with van der Waals surface area (Å²) >= 11 is 0. The van der Waals surface area contributed by atoms with Crippen molar-refractivity contribution in [3.8, 4) is 6.07 Å². The van der Waals surface area contributed by atoms with Crippen molar-refractivity contribution in [2.45, 2.75) is 13.3 Å². The Kier molecular flexibility index (Phi) is 5.73. The Balaban J connectivity index is 2.00. The molecular formula is C16H21N7O. The summed E-state index contributed by atoms with van der Waals surface area (Å²) in [5.74, 6) is -0.255. The lowest BCUT2D eigenvalue weighted by Crippen LogP contribution is -2.33. The predicted molar refractivity (Wildman–Crippen MR) is 94.1 cm³/mol. The number of hydrogen-bond donors (Lipinski definition) is 3. The number of nitrogens with one attached hydrogen (secondary N) is 2. The fourth-order valence-electron chi connectivity index (χ4n) is 2.50. The Bertz CT molecular complexity index is 675. The molecule has 4 N–H and O–H groups in total. The summed E-state index contributed by atoms with van der Waals surface area (Å²) in [6.07, 6.45) is 0.939. The summed E-state index contributed by atoms with van der Waals surface area (Å²) in [4.78, 5) is 15.6. The van der Waals surface area contributed by atoms with E-state index in [2.05, 4.69) is 15.4 Å². The normalized spacial score (nSPS) is 15.4. The van der Waals surface area contributed by atoms with Crippen molar-refractivity contribution in [1.82, 2.24) is 4.90 Å². The van der Waals surface area contributed by atoms with Crippen LogP contribution in [0.3, 0.4) is 0 Å². The van der Waals surface area contributed by atoms with Gasteiger partial charge >= 0.3 is 0 Å². The van der Waals surface area contributed by atoms with E-state index in [1.807, 2.05) is 29.2 Å². The third-order valence-electron chi connectivity index (χ3n) is 3.83. The molecule has 0 radical (unpaired) electrons. The van der Waals surface area contributed by atoms with Gasteiger partial charge in [-0.1, -0.05) is 0 Å². The highest BCUT2D eigenvalue weighted by molar-refractivity contribution is 6.45. The van der Waals surface area contributed by atoms with Gasteiger partial charge in [-0.2, -0.15) is 10.4 Å². The maximum Gasteiger partial charge on any atom is 0.219 e. The molecule has 1 aliphatic rings. The molecule has 1 aliphatic heterocycles. The van der Waals surface area contributed by atoms with Gasteiger partial charge in [0.2, 0.25) is 11.6 Å². The van der Waals surface area contributed by atoms with E-state index >= 15 is 0 Å². The molecule has 126 valence electrons. The number of nitriles is 1. The Hall–Kier alpha value is -3.08. The van der Waals surface area contributed by atoms with Crippen LogP contribution in [0.25, 0.3) is 0 Å². The maximum atomic E-state index is 11.5. The minimum atomic E-state index is -0.374. The number of nitrogens with zero attached hydrogens (tertiary/aromatic N) is 4. The van der Waals surface area contributed by atoms with Gasteiger partial charge in [0.15, 0.2) is 5.84 Å². The van der Waals surface area contributed by atoms with Crippen molar-refractivity contribution >= 4 is 28.8 Å². The zero-order valence-corrected chi connectivity index (χ0v) is 13.6. The first-order valence-corrected chi connectivity index (χ1v) is 7.70. The van der Waals surface area contributed by atoms with Gasteiger partial charge in [-0.05, 0) is 30.7 Å². The highest BCUT2D eigenvalue weighted by Crippen LogP contribution is 2.19. The van der Waals surface area contributed by atoms with Gasteiger partial charge < -0.3 is 15.5 Å². The van der Waals surface area contributed by atoms with E-state index < -0.39 is 0 Å². The molecule has 0 unspecified atom stereocenters. The number of anilines is 2. The molecule has 1 aromatic rings. The Morgan fingerprint density at radius 2 is 2.00 bits per heavy atom. The van der Waals surface area contributed by atoms with Crippen LogP contribution in [0, 0.1) is 16.7 Å². The van der Waals surface area contributed by atoms with Gasteiger partial charge in [0.05, 0.1) is 5.69 Å². The first kappa shape index (κ1) is 17.3. The van der Waals surface area contributed by atoms with Crippen LogP contribution in [0.1, 0.15) is 13.3 Å². The number of amidine groups is 1. The fourth-order valence-corrected chi connectivity index (χ4v) is 2.50. The molecule has 0 aliphatic carbocycles. The summed E-state index contributed by atoms with van der Waals surface area (Å²) in [7, 11) is 0. The van der Waals surface area contributed by atoms with Gasteiger partial charge in [0, 0.05) is 38.8 Å². The highest BCUT2D eigenvalue weighted by atomic mass is 16.2. The molecule has 1 saturated heterocycles. The Labute approximate surface area is 141 Å². The van der Waals surface area contributed by atoms with Crippen LogP contribution < -0.4 is 16.1 Å². The molecule has 0 spiro atoms. The lowest BCUT2D eigenvalue weighted by molar-refractivity contribution is -0.128. The van der Waals surface area contributed by atoms with Crippen LogP contribution in [0.2, 0.25) is 0 Å². The Morgan fingerprint density at radius 3 is 2.58 bits per heavy atom. The number of rotatable bonds is 4. The second-order valence-electron chi connectivity index (χ2n) is 5.49. The Morgan fingerprint density at radius 1 is 1.29 bits per heavy atom. The standard InChI is InChI=1S/C16H21N7O/c1-12(24)22-7-2-8-23(10-9-22)14-5-3-13(4-6-14)20-21-15(11-17)16(18)19/h3-6,20H,2,7-10H2,1H3,(H3,18,19)/b21-15+. The number of carbonyl (C=O) groups is 1.